The predicted octanol–water partition coefficient (Wildman–Crippen LogP) is 2.67. The van der Waals surface area contributed by atoms with Crippen LogP contribution < -0.4 is 20.2 Å². The lowest BCUT2D eigenvalue weighted by molar-refractivity contribution is 0.266. The van der Waals surface area contributed by atoms with Crippen molar-refractivity contribution in [1.29, 1.82) is 0 Å². The van der Waals surface area contributed by atoms with Crippen LogP contribution in [0.4, 0.5) is 5.69 Å². The number of piperazine rings is 1. The van der Waals surface area contributed by atoms with E-state index in [4.69, 9.17) is 31.9 Å². The molecule has 3 aromatic rings. The maximum absolute atomic E-state index is 6.31. The van der Waals surface area contributed by atoms with E-state index in [1.54, 1.807) is 20.3 Å². The number of aromatic nitrogens is 2. The lowest BCUT2D eigenvalue weighted by Gasteiger charge is -2.33. The number of benzene rings is 1. The Morgan fingerprint density at radius 1 is 1.04 bits per heavy atom. The number of anilines is 1. The second-order valence-electron chi connectivity index (χ2n) is 6.49. The molecule has 142 valence electrons. The molecule has 8 heteroatoms. The summed E-state index contributed by atoms with van der Waals surface area (Å²) in [6.07, 6.45) is 3.99. The molecule has 7 nitrogen and oxygen atoms in total. The summed E-state index contributed by atoms with van der Waals surface area (Å²) in [6.45, 7) is 3.52. The third-order valence-electron chi connectivity index (χ3n) is 4.87. The molecule has 1 fully saturated rings. The van der Waals surface area contributed by atoms with Crippen LogP contribution in [0.1, 0.15) is 0 Å². The summed E-state index contributed by atoms with van der Waals surface area (Å²) in [5.41, 5.74) is 3.63. The minimum atomic E-state index is 0.519. The third-order valence-corrected chi connectivity index (χ3v) is 5.17. The van der Waals surface area contributed by atoms with Gasteiger partial charge in [0.1, 0.15) is 17.1 Å². The highest BCUT2D eigenvalue weighted by Crippen LogP contribution is 2.38. The van der Waals surface area contributed by atoms with Gasteiger partial charge in [0.05, 0.1) is 24.9 Å². The highest BCUT2D eigenvalue weighted by atomic mass is 35.5. The van der Waals surface area contributed by atoms with E-state index >= 15 is 0 Å². The van der Waals surface area contributed by atoms with E-state index in [1.165, 1.54) is 0 Å². The zero-order chi connectivity index (χ0) is 19.0. The summed E-state index contributed by atoms with van der Waals surface area (Å²) in [7, 11) is 3.20. The monoisotopic (exact) mass is 387 g/mol. The number of fused-ring (bicyclic) bond motifs is 1. The molecular weight excluding hydrogens is 366 g/mol. The molecule has 1 aliphatic rings. The maximum Gasteiger partial charge on any atom is 0.141 e. The Morgan fingerprint density at radius 3 is 2.48 bits per heavy atom. The van der Waals surface area contributed by atoms with Gasteiger partial charge in [0.15, 0.2) is 0 Å². The molecule has 0 amide bonds. The number of methoxy groups -OCH3 is 2. The molecule has 0 aliphatic carbocycles. The summed E-state index contributed by atoms with van der Waals surface area (Å²) in [5.74, 6) is 7.09. The van der Waals surface area contributed by atoms with Crippen LogP contribution in [0.25, 0.3) is 16.9 Å². The van der Waals surface area contributed by atoms with E-state index in [0.717, 1.165) is 48.8 Å². The molecule has 1 aromatic carbocycles. The summed E-state index contributed by atoms with van der Waals surface area (Å²) in [4.78, 5) is 7.10. The van der Waals surface area contributed by atoms with Crippen molar-refractivity contribution in [3.63, 3.8) is 0 Å². The molecule has 0 bridgehead atoms. The van der Waals surface area contributed by atoms with Crippen LogP contribution in [0.15, 0.2) is 36.7 Å². The van der Waals surface area contributed by atoms with Crippen LogP contribution in [0.3, 0.4) is 0 Å². The number of nitrogens with zero attached hydrogens (tertiary/aromatic N) is 4. The number of hydrazine groups is 1. The van der Waals surface area contributed by atoms with Crippen LogP contribution in [0.2, 0.25) is 5.02 Å². The Morgan fingerprint density at radius 2 is 1.78 bits per heavy atom. The first kappa shape index (κ1) is 17.9. The number of imidazole rings is 1. The van der Waals surface area contributed by atoms with Crippen molar-refractivity contribution < 1.29 is 9.47 Å². The molecule has 0 spiro atoms. The number of rotatable bonds is 4. The molecule has 2 N–H and O–H groups in total. The molecule has 27 heavy (non-hydrogen) atoms. The quantitative estimate of drug-likeness (QED) is 0.694. The van der Waals surface area contributed by atoms with Gasteiger partial charge in [0.2, 0.25) is 0 Å². The Labute approximate surface area is 162 Å². The number of halogens is 1. The van der Waals surface area contributed by atoms with E-state index in [2.05, 4.69) is 17.0 Å². The zero-order valence-corrected chi connectivity index (χ0v) is 16.1. The topological polar surface area (TPSA) is 68.3 Å². The van der Waals surface area contributed by atoms with E-state index < -0.39 is 0 Å². The van der Waals surface area contributed by atoms with Crippen molar-refractivity contribution >= 4 is 22.9 Å². The largest absolute Gasteiger partial charge is 0.496 e. The molecular formula is C19H22ClN5O2. The van der Waals surface area contributed by atoms with Gasteiger partial charge in [0.25, 0.3) is 0 Å². The van der Waals surface area contributed by atoms with E-state index in [9.17, 15) is 0 Å². The van der Waals surface area contributed by atoms with Crippen LogP contribution in [-0.2, 0) is 0 Å². The van der Waals surface area contributed by atoms with Crippen molar-refractivity contribution in [2.45, 2.75) is 0 Å². The fourth-order valence-electron chi connectivity index (χ4n) is 3.34. The van der Waals surface area contributed by atoms with E-state index in [1.807, 2.05) is 27.9 Å². The summed E-state index contributed by atoms with van der Waals surface area (Å²) in [5, 5.41) is 2.37. The fraction of sp³-hybridized carbons (Fsp3) is 0.316. The minimum absolute atomic E-state index is 0.519. The third kappa shape index (κ3) is 3.41. The molecule has 2 aromatic heterocycles. The van der Waals surface area contributed by atoms with Gasteiger partial charge < -0.3 is 18.8 Å². The molecule has 0 unspecified atom stereocenters. The van der Waals surface area contributed by atoms with Gasteiger partial charge in [-0.2, -0.15) is 0 Å². The van der Waals surface area contributed by atoms with Gasteiger partial charge in [-0.15, -0.1) is 0 Å². The number of hydrogen-bond acceptors (Lipinski definition) is 6. The van der Waals surface area contributed by atoms with Gasteiger partial charge in [-0.1, -0.05) is 11.6 Å². The Balaban J connectivity index is 1.71. The molecule has 0 radical (unpaired) electrons. The van der Waals surface area contributed by atoms with Crippen molar-refractivity contribution in [2.75, 3.05) is 45.3 Å². The lowest BCUT2D eigenvalue weighted by Crippen LogP contribution is -2.49. The SMILES string of the molecule is COc1cc(OC)c(-c2cn3ccc(N4CCN(N)CC4)cc3n2)cc1Cl. The van der Waals surface area contributed by atoms with Crippen LogP contribution in [0.5, 0.6) is 11.5 Å². The molecule has 1 aliphatic heterocycles. The first-order chi connectivity index (χ1) is 13.1. The maximum atomic E-state index is 6.31. The highest BCUT2D eigenvalue weighted by molar-refractivity contribution is 6.32. The summed E-state index contributed by atoms with van der Waals surface area (Å²) in [6, 6.07) is 7.79. The molecule has 4 rings (SSSR count). The number of ether oxygens (including phenoxy) is 2. The number of hydrogen-bond donors (Lipinski definition) is 1. The molecule has 1 saturated heterocycles. The van der Waals surface area contributed by atoms with Gasteiger partial charge in [0, 0.05) is 62.0 Å². The molecule has 0 atom stereocenters. The first-order valence-electron chi connectivity index (χ1n) is 8.74. The summed E-state index contributed by atoms with van der Waals surface area (Å²) >= 11 is 6.31. The van der Waals surface area contributed by atoms with Crippen LogP contribution >= 0.6 is 11.6 Å². The van der Waals surface area contributed by atoms with Crippen molar-refractivity contribution in [1.82, 2.24) is 14.4 Å². The Hall–Kier alpha value is -2.48. The average Bonchev–Trinajstić information content (AvgIpc) is 3.11. The fourth-order valence-corrected chi connectivity index (χ4v) is 3.58. The molecule has 0 saturated carbocycles. The van der Waals surface area contributed by atoms with Gasteiger partial charge in [-0.05, 0) is 12.1 Å². The van der Waals surface area contributed by atoms with E-state index in [-0.39, 0.29) is 0 Å². The normalized spacial score (nSPS) is 15.3. The Bertz CT molecular complexity index is 966. The van der Waals surface area contributed by atoms with Crippen LogP contribution in [-0.4, -0.2) is 54.8 Å². The standard InChI is InChI=1S/C19H22ClN5O2/c1-26-17-11-18(27-2)15(20)10-14(17)16-12-24-4-3-13(9-19(24)22-16)23-5-7-25(21)8-6-23/h3-4,9-12H,5-8,21H2,1-2H3. The second kappa shape index (κ2) is 7.26. The predicted molar refractivity (Wildman–Crippen MR) is 107 cm³/mol. The number of nitrogens with two attached hydrogens (primary N) is 1. The smallest absolute Gasteiger partial charge is 0.141 e. The second-order valence-corrected chi connectivity index (χ2v) is 6.89. The van der Waals surface area contributed by atoms with Crippen molar-refractivity contribution in [3.05, 3.63) is 41.7 Å². The van der Waals surface area contributed by atoms with Gasteiger partial charge in [-0.25, -0.2) is 9.99 Å². The molecule has 3 heterocycles. The van der Waals surface area contributed by atoms with E-state index in [0.29, 0.717) is 16.5 Å². The van der Waals surface area contributed by atoms with Crippen molar-refractivity contribution in [3.8, 4) is 22.8 Å². The van der Waals surface area contributed by atoms with Crippen molar-refractivity contribution in [2.24, 2.45) is 5.84 Å². The minimum Gasteiger partial charge on any atom is -0.496 e. The van der Waals surface area contributed by atoms with Gasteiger partial charge in [-0.3, -0.25) is 5.84 Å². The Kier molecular flexibility index (Phi) is 4.82. The zero-order valence-electron chi connectivity index (χ0n) is 15.4. The summed E-state index contributed by atoms with van der Waals surface area (Å²) < 4.78 is 12.8. The van der Waals surface area contributed by atoms with Crippen LogP contribution in [0, 0.1) is 0 Å². The highest BCUT2D eigenvalue weighted by Gasteiger charge is 2.17. The number of pyridine rings is 1. The first-order valence-corrected chi connectivity index (χ1v) is 9.12. The van der Waals surface area contributed by atoms with Gasteiger partial charge >= 0.3 is 0 Å². The average molecular weight is 388 g/mol. The lowest BCUT2D eigenvalue weighted by atomic mass is 10.1.